The number of aromatic amines is 1. The van der Waals surface area contributed by atoms with Crippen LogP contribution in [0.1, 0.15) is 0 Å². The number of rotatable bonds is 1. The molecule has 0 radical (unpaired) electrons. The van der Waals surface area contributed by atoms with E-state index in [9.17, 15) is 9.50 Å². The zero-order valence-corrected chi connectivity index (χ0v) is 8.22. The molecule has 0 aliphatic carbocycles. The number of anilines is 1. The van der Waals surface area contributed by atoms with Gasteiger partial charge in [-0.3, -0.25) is 5.10 Å². The van der Waals surface area contributed by atoms with Crippen molar-refractivity contribution in [3.8, 4) is 17.0 Å². The van der Waals surface area contributed by atoms with Gasteiger partial charge in [0.05, 0.1) is 16.3 Å². The van der Waals surface area contributed by atoms with Crippen LogP contribution in [0.25, 0.3) is 11.3 Å². The van der Waals surface area contributed by atoms with E-state index in [4.69, 9.17) is 17.3 Å². The van der Waals surface area contributed by atoms with Crippen LogP contribution in [-0.4, -0.2) is 15.3 Å². The van der Waals surface area contributed by atoms with Crippen molar-refractivity contribution in [2.75, 3.05) is 5.73 Å². The highest BCUT2D eigenvalue weighted by molar-refractivity contribution is 6.32. The Morgan fingerprint density at radius 2 is 2.20 bits per heavy atom. The zero-order valence-electron chi connectivity index (χ0n) is 7.46. The second-order valence-corrected chi connectivity index (χ2v) is 3.37. The SMILES string of the molecule is Nc1cc(-c2c(F)ccc(Cl)c2O)[nH]n1. The number of phenolic OH excluding ortho intramolecular Hbond substituents is 1. The highest BCUT2D eigenvalue weighted by Crippen LogP contribution is 2.36. The summed E-state index contributed by atoms with van der Waals surface area (Å²) >= 11 is 5.66. The molecule has 0 atom stereocenters. The number of aromatic hydroxyl groups is 1. The number of nitrogens with zero attached hydrogens (tertiary/aromatic N) is 1. The van der Waals surface area contributed by atoms with E-state index in [1.54, 1.807) is 0 Å². The molecule has 6 heteroatoms. The molecular formula is C9H7ClFN3O. The molecule has 0 saturated heterocycles. The number of aromatic nitrogens is 2. The number of halogens is 2. The first-order chi connectivity index (χ1) is 7.09. The maximum absolute atomic E-state index is 13.4. The minimum absolute atomic E-state index is 0.0355. The quantitative estimate of drug-likeness (QED) is 0.699. The number of phenols is 1. The van der Waals surface area contributed by atoms with Gasteiger partial charge in [0.2, 0.25) is 0 Å². The van der Waals surface area contributed by atoms with E-state index >= 15 is 0 Å². The Balaban J connectivity index is 2.66. The Kier molecular flexibility index (Phi) is 2.24. The summed E-state index contributed by atoms with van der Waals surface area (Å²) < 4.78 is 13.4. The van der Waals surface area contributed by atoms with Crippen LogP contribution in [0.5, 0.6) is 5.75 Å². The van der Waals surface area contributed by atoms with Gasteiger partial charge in [0.15, 0.2) is 0 Å². The van der Waals surface area contributed by atoms with E-state index < -0.39 is 5.82 Å². The molecule has 78 valence electrons. The minimum atomic E-state index is -0.597. The van der Waals surface area contributed by atoms with Crippen molar-refractivity contribution in [3.63, 3.8) is 0 Å². The standard InChI is InChI=1S/C9H7ClFN3O/c10-4-1-2-5(11)8(9(4)15)6-3-7(12)14-13-6/h1-3,15H,(H3,12,13,14). The van der Waals surface area contributed by atoms with Crippen LogP contribution in [0.2, 0.25) is 5.02 Å². The third kappa shape index (κ3) is 1.61. The van der Waals surface area contributed by atoms with Crippen molar-refractivity contribution in [2.24, 2.45) is 0 Å². The molecule has 15 heavy (non-hydrogen) atoms. The molecule has 0 amide bonds. The molecular weight excluding hydrogens is 221 g/mol. The topological polar surface area (TPSA) is 74.9 Å². The number of nitrogens with two attached hydrogens (primary N) is 1. The van der Waals surface area contributed by atoms with Crippen LogP contribution in [0.3, 0.4) is 0 Å². The van der Waals surface area contributed by atoms with E-state index in [1.807, 2.05) is 0 Å². The summed E-state index contributed by atoms with van der Waals surface area (Å²) in [5, 5.41) is 15.8. The lowest BCUT2D eigenvalue weighted by atomic mass is 10.1. The molecule has 1 heterocycles. The lowest BCUT2D eigenvalue weighted by molar-refractivity contribution is 0.472. The average molecular weight is 228 g/mol. The molecule has 4 N–H and O–H groups in total. The molecule has 0 spiro atoms. The smallest absolute Gasteiger partial charge is 0.146 e. The second kappa shape index (κ2) is 3.43. The minimum Gasteiger partial charge on any atom is -0.506 e. The molecule has 1 aromatic heterocycles. The number of nitrogen functional groups attached to an aromatic ring is 1. The van der Waals surface area contributed by atoms with Crippen LogP contribution < -0.4 is 5.73 Å². The first kappa shape index (κ1) is 9.79. The van der Waals surface area contributed by atoms with Gasteiger partial charge in [0.1, 0.15) is 17.4 Å². The van der Waals surface area contributed by atoms with E-state index in [1.165, 1.54) is 12.1 Å². The molecule has 0 saturated carbocycles. The van der Waals surface area contributed by atoms with Crippen molar-refractivity contribution in [1.29, 1.82) is 0 Å². The summed E-state index contributed by atoms with van der Waals surface area (Å²) in [5.41, 5.74) is 5.62. The molecule has 2 aromatic rings. The summed E-state index contributed by atoms with van der Waals surface area (Å²) in [5.74, 6) is -0.718. The van der Waals surface area contributed by atoms with Gasteiger partial charge in [0.25, 0.3) is 0 Å². The highest BCUT2D eigenvalue weighted by Gasteiger charge is 2.15. The van der Waals surface area contributed by atoms with Crippen molar-refractivity contribution in [1.82, 2.24) is 10.2 Å². The Bertz CT molecular complexity index is 512. The fourth-order valence-electron chi connectivity index (χ4n) is 1.26. The fraction of sp³-hybridized carbons (Fsp3) is 0. The largest absolute Gasteiger partial charge is 0.506 e. The molecule has 4 nitrogen and oxygen atoms in total. The lowest BCUT2D eigenvalue weighted by Gasteiger charge is -2.04. The van der Waals surface area contributed by atoms with Crippen molar-refractivity contribution in [2.45, 2.75) is 0 Å². The average Bonchev–Trinajstić information content (AvgIpc) is 2.59. The van der Waals surface area contributed by atoms with E-state index in [2.05, 4.69) is 10.2 Å². The van der Waals surface area contributed by atoms with Gasteiger partial charge < -0.3 is 10.8 Å². The summed E-state index contributed by atoms with van der Waals surface area (Å²) in [6.07, 6.45) is 0. The summed E-state index contributed by atoms with van der Waals surface area (Å²) in [7, 11) is 0. The number of H-pyrrole nitrogens is 1. The van der Waals surface area contributed by atoms with Crippen molar-refractivity contribution in [3.05, 3.63) is 29.0 Å². The highest BCUT2D eigenvalue weighted by atomic mass is 35.5. The van der Waals surface area contributed by atoms with Crippen LogP contribution in [0.4, 0.5) is 10.2 Å². The van der Waals surface area contributed by atoms with E-state index in [0.29, 0.717) is 0 Å². The monoisotopic (exact) mass is 227 g/mol. The first-order valence-electron chi connectivity index (χ1n) is 4.08. The molecule has 2 rings (SSSR count). The lowest BCUT2D eigenvalue weighted by Crippen LogP contribution is -1.86. The van der Waals surface area contributed by atoms with Gasteiger partial charge in [0, 0.05) is 6.07 Å². The third-order valence-corrected chi connectivity index (χ3v) is 2.25. The molecule has 0 aliphatic heterocycles. The predicted octanol–water partition coefficient (Wildman–Crippen LogP) is 2.16. The number of nitrogens with one attached hydrogen (secondary N) is 1. The van der Waals surface area contributed by atoms with E-state index in [-0.39, 0.29) is 27.8 Å². The van der Waals surface area contributed by atoms with Gasteiger partial charge >= 0.3 is 0 Å². The Morgan fingerprint density at radius 3 is 2.80 bits per heavy atom. The Hall–Kier alpha value is -1.75. The number of benzene rings is 1. The van der Waals surface area contributed by atoms with Crippen LogP contribution in [-0.2, 0) is 0 Å². The first-order valence-corrected chi connectivity index (χ1v) is 4.45. The maximum atomic E-state index is 13.4. The van der Waals surface area contributed by atoms with Crippen LogP contribution in [0, 0.1) is 5.82 Å². The summed E-state index contributed by atoms with van der Waals surface area (Å²) in [6, 6.07) is 3.85. The normalized spacial score (nSPS) is 10.5. The number of hydrogen-bond donors (Lipinski definition) is 3. The molecule has 0 unspecified atom stereocenters. The summed E-state index contributed by atoms with van der Waals surface area (Å²) in [4.78, 5) is 0. The number of hydrogen-bond acceptors (Lipinski definition) is 3. The Morgan fingerprint density at radius 1 is 1.47 bits per heavy atom. The molecule has 0 bridgehead atoms. The molecule has 0 aliphatic rings. The van der Waals surface area contributed by atoms with E-state index in [0.717, 1.165) is 6.07 Å². The van der Waals surface area contributed by atoms with Gasteiger partial charge in [-0.05, 0) is 12.1 Å². The van der Waals surface area contributed by atoms with Gasteiger partial charge in [-0.1, -0.05) is 11.6 Å². The zero-order chi connectivity index (χ0) is 11.0. The third-order valence-electron chi connectivity index (χ3n) is 1.94. The summed E-state index contributed by atoms with van der Waals surface area (Å²) in [6.45, 7) is 0. The Labute approximate surface area is 89.5 Å². The maximum Gasteiger partial charge on any atom is 0.146 e. The van der Waals surface area contributed by atoms with Gasteiger partial charge in [-0.25, -0.2) is 4.39 Å². The fourth-order valence-corrected chi connectivity index (χ4v) is 1.42. The molecule has 1 aromatic carbocycles. The van der Waals surface area contributed by atoms with Crippen LogP contribution >= 0.6 is 11.6 Å². The van der Waals surface area contributed by atoms with Crippen LogP contribution in [0.15, 0.2) is 18.2 Å². The molecule has 0 fully saturated rings. The van der Waals surface area contributed by atoms with Gasteiger partial charge in [-0.2, -0.15) is 5.10 Å². The predicted molar refractivity (Wildman–Crippen MR) is 55.1 cm³/mol. The second-order valence-electron chi connectivity index (χ2n) is 2.96. The van der Waals surface area contributed by atoms with Crippen molar-refractivity contribution >= 4 is 17.4 Å². The van der Waals surface area contributed by atoms with Gasteiger partial charge in [-0.15, -0.1) is 0 Å². The van der Waals surface area contributed by atoms with Crippen molar-refractivity contribution < 1.29 is 9.50 Å².